The van der Waals surface area contributed by atoms with Crippen LogP contribution in [0.1, 0.15) is 5.69 Å². The van der Waals surface area contributed by atoms with Crippen LogP contribution in [0, 0.1) is 0 Å². The molecule has 2 aromatic rings. The first-order valence-electron chi connectivity index (χ1n) is 4.97. The Labute approximate surface area is 110 Å². The highest BCUT2D eigenvalue weighted by molar-refractivity contribution is 7.98. The maximum Gasteiger partial charge on any atom is 0.435 e. The molecule has 0 unspecified atom stereocenters. The number of hydrogen-bond donors (Lipinski definition) is 2. The van der Waals surface area contributed by atoms with E-state index in [0.717, 1.165) is 10.7 Å². The van der Waals surface area contributed by atoms with Crippen molar-refractivity contribution in [1.82, 2.24) is 19.7 Å². The van der Waals surface area contributed by atoms with Crippen LogP contribution in [-0.2, 0) is 6.18 Å². The molecule has 0 atom stereocenters. The SMILES string of the molecule is CSc1nc(NN)cc(-n2ccc(C(F)(F)F)n2)n1. The van der Waals surface area contributed by atoms with E-state index in [-0.39, 0.29) is 5.82 Å². The van der Waals surface area contributed by atoms with E-state index in [4.69, 9.17) is 5.84 Å². The second kappa shape index (κ2) is 5.05. The van der Waals surface area contributed by atoms with Crippen LogP contribution < -0.4 is 11.3 Å². The van der Waals surface area contributed by atoms with Crippen LogP contribution in [0.4, 0.5) is 19.0 Å². The topological polar surface area (TPSA) is 81.6 Å². The van der Waals surface area contributed by atoms with Crippen LogP contribution in [0.15, 0.2) is 23.5 Å². The Kier molecular flexibility index (Phi) is 3.62. The van der Waals surface area contributed by atoms with E-state index in [9.17, 15) is 13.2 Å². The molecule has 3 N–H and O–H groups in total. The van der Waals surface area contributed by atoms with Crippen molar-refractivity contribution >= 4 is 17.6 Å². The highest BCUT2D eigenvalue weighted by atomic mass is 32.2. The Bertz CT molecular complexity index is 559. The molecule has 19 heavy (non-hydrogen) atoms. The number of nitrogens with two attached hydrogens (primary N) is 1. The number of thioether (sulfide) groups is 1. The number of rotatable bonds is 3. The lowest BCUT2D eigenvalue weighted by molar-refractivity contribution is -0.141. The lowest BCUT2D eigenvalue weighted by Gasteiger charge is -2.06. The normalized spacial score (nSPS) is 11.6. The van der Waals surface area contributed by atoms with Gasteiger partial charge in [0, 0.05) is 12.3 Å². The van der Waals surface area contributed by atoms with E-state index in [1.54, 1.807) is 6.26 Å². The molecule has 0 aliphatic carbocycles. The zero-order valence-electron chi connectivity index (χ0n) is 9.64. The molecule has 0 bridgehead atoms. The molecule has 0 aliphatic rings. The molecule has 0 saturated carbocycles. The molecule has 2 aromatic heterocycles. The molecule has 0 aliphatic heterocycles. The average molecular weight is 290 g/mol. The fraction of sp³-hybridized carbons (Fsp3) is 0.222. The number of nitrogen functional groups attached to an aromatic ring is 1. The third-order valence-corrected chi connectivity index (χ3v) is 2.68. The van der Waals surface area contributed by atoms with Crippen molar-refractivity contribution in [3.8, 4) is 5.82 Å². The van der Waals surface area contributed by atoms with Gasteiger partial charge in [-0.15, -0.1) is 0 Å². The Morgan fingerprint density at radius 3 is 2.63 bits per heavy atom. The molecule has 102 valence electrons. The molecule has 0 spiro atoms. The van der Waals surface area contributed by atoms with Crippen molar-refractivity contribution in [3.63, 3.8) is 0 Å². The monoisotopic (exact) mass is 290 g/mol. The number of alkyl halides is 3. The van der Waals surface area contributed by atoms with Gasteiger partial charge in [-0.1, -0.05) is 11.8 Å². The van der Waals surface area contributed by atoms with E-state index in [1.807, 2.05) is 0 Å². The maximum absolute atomic E-state index is 12.5. The summed E-state index contributed by atoms with van der Waals surface area (Å²) >= 11 is 1.24. The zero-order valence-corrected chi connectivity index (χ0v) is 10.5. The van der Waals surface area contributed by atoms with Crippen LogP contribution in [0.25, 0.3) is 5.82 Å². The summed E-state index contributed by atoms with van der Waals surface area (Å²) in [6.45, 7) is 0. The van der Waals surface area contributed by atoms with Gasteiger partial charge >= 0.3 is 6.18 Å². The van der Waals surface area contributed by atoms with E-state index < -0.39 is 11.9 Å². The maximum atomic E-state index is 12.5. The molecule has 2 rings (SSSR count). The summed E-state index contributed by atoms with van der Waals surface area (Å²) in [4.78, 5) is 8.06. The van der Waals surface area contributed by atoms with Gasteiger partial charge in [0.25, 0.3) is 0 Å². The van der Waals surface area contributed by atoms with Crippen LogP contribution >= 0.6 is 11.8 Å². The largest absolute Gasteiger partial charge is 0.435 e. The number of nitrogens with one attached hydrogen (secondary N) is 1. The van der Waals surface area contributed by atoms with Gasteiger partial charge in [0.15, 0.2) is 16.7 Å². The first kappa shape index (κ1) is 13.6. The zero-order chi connectivity index (χ0) is 14.0. The van der Waals surface area contributed by atoms with Crippen LogP contribution in [0.3, 0.4) is 0 Å². The fourth-order valence-electron chi connectivity index (χ4n) is 1.30. The number of halogens is 3. The van der Waals surface area contributed by atoms with Crippen molar-refractivity contribution < 1.29 is 13.2 Å². The first-order chi connectivity index (χ1) is 8.94. The fourth-order valence-corrected chi connectivity index (χ4v) is 1.67. The number of anilines is 1. The Morgan fingerprint density at radius 2 is 2.11 bits per heavy atom. The summed E-state index contributed by atoms with van der Waals surface area (Å²) in [7, 11) is 0. The summed E-state index contributed by atoms with van der Waals surface area (Å²) < 4.78 is 38.4. The summed E-state index contributed by atoms with van der Waals surface area (Å²) in [6.07, 6.45) is -1.57. The number of hydrazine groups is 1. The molecule has 2 heterocycles. The van der Waals surface area contributed by atoms with Crippen LogP contribution in [-0.4, -0.2) is 26.0 Å². The average Bonchev–Trinajstić information content (AvgIpc) is 2.87. The van der Waals surface area contributed by atoms with E-state index >= 15 is 0 Å². The number of hydrogen-bond acceptors (Lipinski definition) is 6. The van der Waals surface area contributed by atoms with Crippen molar-refractivity contribution in [1.29, 1.82) is 0 Å². The second-order valence-electron chi connectivity index (χ2n) is 3.39. The minimum absolute atomic E-state index is 0.197. The van der Waals surface area contributed by atoms with E-state index in [0.29, 0.717) is 11.0 Å². The van der Waals surface area contributed by atoms with Gasteiger partial charge in [0.2, 0.25) is 0 Å². The van der Waals surface area contributed by atoms with Crippen LogP contribution in [0.2, 0.25) is 0 Å². The number of aromatic nitrogens is 4. The van der Waals surface area contributed by atoms with Crippen molar-refractivity contribution in [2.24, 2.45) is 5.84 Å². The van der Waals surface area contributed by atoms with E-state index in [1.165, 1.54) is 24.0 Å². The van der Waals surface area contributed by atoms with Crippen LogP contribution in [0.5, 0.6) is 0 Å². The second-order valence-corrected chi connectivity index (χ2v) is 4.16. The van der Waals surface area contributed by atoms with Crippen molar-refractivity contribution in [3.05, 3.63) is 24.0 Å². The predicted octanol–water partition coefficient (Wildman–Crippen LogP) is 1.69. The molecule has 10 heteroatoms. The third-order valence-electron chi connectivity index (χ3n) is 2.14. The minimum atomic E-state index is -4.49. The molecule has 6 nitrogen and oxygen atoms in total. The Balaban J connectivity index is 2.43. The van der Waals surface area contributed by atoms with Crippen molar-refractivity contribution in [2.75, 3.05) is 11.7 Å². The van der Waals surface area contributed by atoms with Gasteiger partial charge in [-0.3, -0.25) is 0 Å². The minimum Gasteiger partial charge on any atom is -0.308 e. The highest BCUT2D eigenvalue weighted by Crippen LogP contribution is 2.28. The van der Waals surface area contributed by atoms with Gasteiger partial charge in [-0.25, -0.2) is 20.5 Å². The van der Waals surface area contributed by atoms with Gasteiger partial charge in [-0.2, -0.15) is 18.3 Å². The van der Waals surface area contributed by atoms with Gasteiger partial charge in [-0.05, 0) is 12.3 Å². The molecule has 0 fully saturated rings. The van der Waals surface area contributed by atoms with Gasteiger partial charge in [0.1, 0.15) is 5.82 Å². The molecule has 0 radical (unpaired) electrons. The molecular formula is C9H9F3N6S. The quantitative estimate of drug-likeness (QED) is 0.387. The molecule has 0 amide bonds. The predicted molar refractivity (Wildman–Crippen MR) is 63.7 cm³/mol. The van der Waals surface area contributed by atoms with Crippen molar-refractivity contribution in [2.45, 2.75) is 11.3 Å². The Hall–Kier alpha value is -1.81. The summed E-state index contributed by atoms with van der Waals surface area (Å²) in [6, 6.07) is 2.27. The summed E-state index contributed by atoms with van der Waals surface area (Å²) in [5.41, 5.74) is 1.33. The first-order valence-corrected chi connectivity index (χ1v) is 6.19. The smallest absolute Gasteiger partial charge is 0.308 e. The van der Waals surface area contributed by atoms with Gasteiger partial charge in [0.05, 0.1) is 0 Å². The molecule has 0 aromatic carbocycles. The third kappa shape index (κ3) is 2.96. The lowest BCUT2D eigenvalue weighted by atomic mass is 10.4. The Morgan fingerprint density at radius 1 is 1.37 bits per heavy atom. The number of nitrogens with zero attached hydrogens (tertiary/aromatic N) is 4. The summed E-state index contributed by atoms with van der Waals surface area (Å²) in [5.74, 6) is 5.72. The highest BCUT2D eigenvalue weighted by Gasteiger charge is 2.33. The summed E-state index contributed by atoms with van der Waals surface area (Å²) in [5, 5.41) is 3.80. The molecular weight excluding hydrogens is 281 g/mol. The van der Waals surface area contributed by atoms with Gasteiger partial charge < -0.3 is 5.43 Å². The molecule has 0 saturated heterocycles. The van der Waals surface area contributed by atoms with E-state index in [2.05, 4.69) is 20.5 Å². The standard InChI is InChI=1S/C9H9F3N6S/c1-19-8-14-6(16-13)4-7(15-8)18-3-2-5(17-18)9(10,11)12/h2-4H,13H2,1H3,(H,14,15,16). The lowest BCUT2D eigenvalue weighted by Crippen LogP contribution is -2.12.